The van der Waals surface area contributed by atoms with Crippen molar-refractivity contribution in [3.05, 3.63) is 40.2 Å². The summed E-state index contributed by atoms with van der Waals surface area (Å²) in [5.74, 6) is 0.951. The molecule has 0 spiro atoms. The summed E-state index contributed by atoms with van der Waals surface area (Å²) >= 11 is 1.29. The maximum Gasteiger partial charge on any atom is 0.271 e. The lowest BCUT2D eigenvalue weighted by Crippen LogP contribution is -2.19. The molecule has 2 aromatic rings. The van der Waals surface area contributed by atoms with Crippen LogP contribution in [0.1, 0.15) is 38.4 Å². The summed E-state index contributed by atoms with van der Waals surface area (Å²) in [5.41, 5.74) is 0.326. The number of anilines is 1. The second kappa shape index (κ2) is 9.16. The van der Waals surface area contributed by atoms with Crippen LogP contribution in [-0.2, 0) is 16.1 Å². The zero-order chi connectivity index (χ0) is 20.1. The molecule has 0 bridgehead atoms. The molecule has 0 radical (unpaired) electrons. The summed E-state index contributed by atoms with van der Waals surface area (Å²) in [4.78, 5) is 22.6. The fourth-order valence-electron chi connectivity index (χ4n) is 3.02. The van der Waals surface area contributed by atoms with Crippen LogP contribution in [0.5, 0.6) is 0 Å². The highest BCUT2D eigenvalue weighted by Crippen LogP contribution is 2.25. The third kappa shape index (κ3) is 5.08. The second-order valence-corrected chi connectivity index (χ2v) is 7.83. The first-order chi connectivity index (χ1) is 13.4. The molecule has 150 valence electrons. The van der Waals surface area contributed by atoms with Crippen LogP contribution in [-0.4, -0.2) is 44.1 Å². The van der Waals surface area contributed by atoms with Gasteiger partial charge in [-0.2, -0.15) is 0 Å². The van der Waals surface area contributed by atoms with Crippen molar-refractivity contribution >= 4 is 29.0 Å². The Bertz CT molecular complexity index is 848. The van der Waals surface area contributed by atoms with Crippen LogP contribution in [0.15, 0.2) is 29.4 Å². The smallest absolute Gasteiger partial charge is 0.271 e. The average molecular weight is 405 g/mol. The lowest BCUT2D eigenvalue weighted by atomic mass is 10.2. The minimum Gasteiger partial charge on any atom is -0.376 e. The van der Waals surface area contributed by atoms with Crippen molar-refractivity contribution in [3.8, 4) is 0 Å². The first-order valence-corrected chi connectivity index (χ1v) is 10.1. The maximum absolute atomic E-state index is 12.3. The van der Waals surface area contributed by atoms with Crippen LogP contribution in [0.4, 0.5) is 11.4 Å². The Kier molecular flexibility index (Phi) is 6.63. The van der Waals surface area contributed by atoms with Gasteiger partial charge in [0.05, 0.1) is 23.3 Å². The summed E-state index contributed by atoms with van der Waals surface area (Å²) < 4.78 is 7.76. The molecule has 9 nitrogen and oxygen atoms in total. The van der Waals surface area contributed by atoms with E-state index in [9.17, 15) is 14.9 Å². The molecule has 1 unspecified atom stereocenters. The van der Waals surface area contributed by atoms with Crippen molar-refractivity contribution in [2.75, 3.05) is 17.7 Å². The predicted octanol–water partition coefficient (Wildman–Crippen LogP) is 3.22. The van der Waals surface area contributed by atoms with E-state index < -0.39 is 4.92 Å². The van der Waals surface area contributed by atoms with Gasteiger partial charge in [0.1, 0.15) is 5.82 Å². The van der Waals surface area contributed by atoms with Gasteiger partial charge < -0.3 is 14.6 Å². The van der Waals surface area contributed by atoms with Crippen LogP contribution in [0.2, 0.25) is 0 Å². The molecule has 1 saturated heterocycles. The minimum atomic E-state index is -0.495. The quantitative estimate of drug-likeness (QED) is 0.408. The summed E-state index contributed by atoms with van der Waals surface area (Å²) in [6, 6.07) is 5.87. The molecule has 1 amide bonds. The van der Waals surface area contributed by atoms with Crippen LogP contribution in [0.25, 0.3) is 0 Å². The number of carbonyl (C=O) groups excluding carboxylic acids is 1. The van der Waals surface area contributed by atoms with E-state index in [1.165, 1.54) is 30.0 Å². The van der Waals surface area contributed by atoms with Crippen molar-refractivity contribution in [1.29, 1.82) is 0 Å². The Morgan fingerprint density at radius 3 is 2.96 bits per heavy atom. The Morgan fingerprint density at radius 1 is 1.46 bits per heavy atom. The Balaban J connectivity index is 1.64. The number of hydrogen-bond donors (Lipinski definition) is 1. The first-order valence-electron chi connectivity index (χ1n) is 9.16. The highest BCUT2D eigenvalue weighted by Gasteiger charge is 2.22. The maximum atomic E-state index is 12.3. The normalized spacial score (nSPS) is 16.5. The monoisotopic (exact) mass is 405 g/mol. The lowest BCUT2D eigenvalue weighted by Gasteiger charge is -2.15. The topological polar surface area (TPSA) is 112 Å². The van der Waals surface area contributed by atoms with E-state index in [2.05, 4.69) is 29.4 Å². The van der Waals surface area contributed by atoms with Crippen LogP contribution >= 0.6 is 11.8 Å². The third-order valence-corrected chi connectivity index (χ3v) is 5.31. The number of nitro benzene ring substituents is 1. The average Bonchev–Trinajstić information content (AvgIpc) is 3.30. The highest BCUT2D eigenvalue weighted by atomic mass is 32.2. The zero-order valence-electron chi connectivity index (χ0n) is 15.8. The number of carbonyl (C=O) groups is 1. The third-order valence-electron chi connectivity index (χ3n) is 4.35. The molecule has 28 heavy (non-hydrogen) atoms. The fourth-order valence-corrected chi connectivity index (χ4v) is 3.78. The predicted molar refractivity (Wildman–Crippen MR) is 106 cm³/mol. The molecule has 1 aliphatic heterocycles. The first kappa shape index (κ1) is 20.3. The number of amides is 1. The molecule has 1 aromatic carbocycles. The van der Waals surface area contributed by atoms with E-state index in [1.807, 2.05) is 4.57 Å². The number of aromatic nitrogens is 3. The van der Waals surface area contributed by atoms with Crippen molar-refractivity contribution in [2.45, 2.75) is 50.4 Å². The van der Waals surface area contributed by atoms with Gasteiger partial charge in [-0.1, -0.05) is 31.7 Å². The van der Waals surface area contributed by atoms with Gasteiger partial charge in [0, 0.05) is 30.3 Å². The molecule has 1 atom stereocenters. The van der Waals surface area contributed by atoms with Gasteiger partial charge in [-0.3, -0.25) is 14.9 Å². The number of nitrogens with zero attached hydrogens (tertiary/aromatic N) is 4. The van der Waals surface area contributed by atoms with Crippen LogP contribution in [0.3, 0.4) is 0 Å². The number of hydrogen-bond acceptors (Lipinski definition) is 7. The van der Waals surface area contributed by atoms with E-state index in [4.69, 9.17) is 4.74 Å². The van der Waals surface area contributed by atoms with Crippen LogP contribution < -0.4 is 5.32 Å². The SMILES string of the molecule is CC(C)c1nnc(SCC(=O)Nc2cccc([N+](=O)[O-])c2)n1CC1CCCO1. The number of nitrogens with one attached hydrogen (secondary N) is 1. The Hall–Kier alpha value is -2.46. The van der Waals surface area contributed by atoms with Gasteiger partial charge in [0.2, 0.25) is 5.91 Å². The summed E-state index contributed by atoms with van der Waals surface area (Å²) in [6.07, 6.45) is 2.21. The second-order valence-electron chi connectivity index (χ2n) is 6.89. The summed E-state index contributed by atoms with van der Waals surface area (Å²) in [7, 11) is 0. The van der Waals surface area contributed by atoms with E-state index in [1.54, 1.807) is 6.07 Å². The molecule has 1 N–H and O–H groups in total. The molecular weight excluding hydrogens is 382 g/mol. The standard InChI is InChI=1S/C18H23N5O4S/c1-12(2)17-20-21-18(22(17)10-15-7-4-8-27-15)28-11-16(24)19-13-5-3-6-14(9-13)23(25)26/h3,5-6,9,12,15H,4,7-8,10-11H2,1-2H3,(H,19,24). The molecule has 1 aromatic heterocycles. The Labute approximate surface area is 167 Å². The molecule has 2 heterocycles. The number of ether oxygens (including phenoxy) is 1. The minimum absolute atomic E-state index is 0.0664. The molecule has 1 fully saturated rings. The molecule has 0 aliphatic carbocycles. The zero-order valence-corrected chi connectivity index (χ0v) is 16.6. The van der Waals surface area contributed by atoms with Crippen LogP contribution in [0, 0.1) is 10.1 Å². The molecule has 1 aliphatic rings. The number of nitro groups is 1. The number of thioether (sulfide) groups is 1. The number of rotatable bonds is 8. The summed E-state index contributed by atoms with van der Waals surface area (Å²) in [5, 5.41) is 22.7. The molecular formula is C18H23N5O4S. The van der Waals surface area contributed by atoms with E-state index >= 15 is 0 Å². The van der Waals surface area contributed by atoms with E-state index in [0.717, 1.165) is 25.3 Å². The van der Waals surface area contributed by atoms with Gasteiger partial charge in [-0.15, -0.1) is 10.2 Å². The molecule has 10 heteroatoms. The van der Waals surface area contributed by atoms with Gasteiger partial charge in [0.15, 0.2) is 5.16 Å². The lowest BCUT2D eigenvalue weighted by molar-refractivity contribution is -0.384. The largest absolute Gasteiger partial charge is 0.376 e. The number of non-ortho nitro benzene ring substituents is 1. The van der Waals surface area contributed by atoms with Crippen molar-refractivity contribution in [1.82, 2.24) is 14.8 Å². The number of benzene rings is 1. The van der Waals surface area contributed by atoms with Crippen molar-refractivity contribution in [2.24, 2.45) is 0 Å². The Morgan fingerprint density at radius 2 is 2.29 bits per heavy atom. The van der Waals surface area contributed by atoms with Crippen molar-refractivity contribution < 1.29 is 14.5 Å². The van der Waals surface area contributed by atoms with Gasteiger partial charge in [0.25, 0.3) is 5.69 Å². The van der Waals surface area contributed by atoms with Gasteiger partial charge >= 0.3 is 0 Å². The van der Waals surface area contributed by atoms with Crippen molar-refractivity contribution in [3.63, 3.8) is 0 Å². The van der Waals surface area contributed by atoms with E-state index in [0.29, 0.717) is 17.4 Å². The molecule has 3 rings (SSSR count). The van der Waals surface area contributed by atoms with Gasteiger partial charge in [-0.25, -0.2) is 0 Å². The summed E-state index contributed by atoms with van der Waals surface area (Å²) in [6.45, 7) is 5.56. The molecule has 0 saturated carbocycles. The van der Waals surface area contributed by atoms with Gasteiger partial charge in [-0.05, 0) is 18.9 Å². The fraction of sp³-hybridized carbons (Fsp3) is 0.500. The highest BCUT2D eigenvalue weighted by molar-refractivity contribution is 7.99. The van der Waals surface area contributed by atoms with E-state index in [-0.39, 0.29) is 29.4 Å².